The zero-order valence-electron chi connectivity index (χ0n) is 13.0. The number of aryl methyl sites for hydroxylation is 1. The standard InChI is InChI=1S/C18H24N2O/c1-4-14-8-10-15(11-9-14)18(19)13-21-17-7-5-6-16(12-17)20(2)3/h5-12,18H,4,13,19H2,1-3H3. The van der Waals surface area contributed by atoms with Crippen LogP contribution in [-0.2, 0) is 6.42 Å². The molecule has 3 heteroatoms. The first-order valence-electron chi connectivity index (χ1n) is 7.34. The van der Waals surface area contributed by atoms with Gasteiger partial charge >= 0.3 is 0 Å². The average Bonchev–Trinajstić information content (AvgIpc) is 2.53. The third-order valence-electron chi connectivity index (χ3n) is 3.58. The molecule has 0 aliphatic carbocycles. The summed E-state index contributed by atoms with van der Waals surface area (Å²) >= 11 is 0. The van der Waals surface area contributed by atoms with Gasteiger partial charge in [-0.1, -0.05) is 37.3 Å². The first kappa shape index (κ1) is 15.4. The van der Waals surface area contributed by atoms with Crippen LogP contribution in [0, 0.1) is 0 Å². The van der Waals surface area contributed by atoms with Gasteiger partial charge in [0.15, 0.2) is 0 Å². The fraction of sp³-hybridized carbons (Fsp3) is 0.333. The minimum Gasteiger partial charge on any atom is -0.492 e. The van der Waals surface area contributed by atoms with Crippen molar-refractivity contribution in [1.29, 1.82) is 0 Å². The average molecular weight is 284 g/mol. The van der Waals surface area contributed by atoms with Gasteiger partial charge in [0, 0.05) is 25.8 Å². The van der Waals surface area contributed by atoms with E-state index in [9.17, 15) is 0 Å². The van der Waals surface area contributed by atoms with Crippen LogP contribution in [0.5, 0.6) is 5.75 Å². The molecule has 0 fully saturated rings. The van der Waals surface area contributed by atoms with Gasteiger partial charge in [-0.3, -0.25) is 0 Å². The zero-order valence-corrected chi connectivity index (χ0v) is 13.0. The normalized spacial score (nSPS) is 12.0. The maximum atomic E-state index is 6.20. The quantitative estimate of drug-likeness (QED) is 0.883. The maximum absolute atomic E-state index is 6.20. The molecular formula is C18H24N2O. The van der Waals surface area contributed by atoms with Crippen LogP contribution in [0.4, 0.5) is 5.69 Å². The van der Waals surface area contributed by atoms with Crippen molar-refractivity contribution in [2.75, 3.05) is 25.6 Å². The van der Waals surface area contributed by atoms with Crippen molar-refractivity contribution < 1.29 is 4.74 Å². The fourth-order valence-electron chi connectivity index (χ4n) is 2.13. The summed E-state index contributed by atoms with van der Waals surface area (Å²) in [6, 6.07) is 16.3. The van der Waals surface area contributed by atoms with Crippen LogP contribution < -0.4 is 15.4 Å². The molecule has 0 saturated heterocycles. The summed E-state index contributed by atoms with van der Waals surface area (Å²) in [5, 5.41) is 0. The van der Waals surface area contributed by atoms with Gasteiger partial charge in [0.05, 0.1) is 6.04 Å². The molecule has 0 aliphatic rings. The molecule has 2 aromatic rings. The first-order chi connectivity index (χ1) is 10.1. The molecule has 2 N–H and O–H groups in total. The van der Waals surface area contributed by atoms with Crippen molar-refractivity contribution in [2.45, 2.75) is 19.4 Å². The molecule has 0 aliphatic heterocycles. The number of nitrogens with two attached hydrogens (primary N) is 1. The lowest BCUT2D eigenvalue weighted by molar-refractivity contribution is 0.291. The van der Waals surface area contributed by atoms with Crippen LogP contribution in [0.3, 0.4) is 0 Å². The minimum absolute atomic E-state index is 0.112. The smallest absolute Gasteiger partial charge is 0.121 e. The Labute approximate surface area is 127 Å². The summed E-state index contributed by atoms with van der Waals surface area (Å²) in [5.74, 6) is 0.849. The van der Waals surface area contributed by atoms with Gasteiger partial charge in [0.1, 0.15) is 12.4 Å². The predicted molar refractivity (Wildman–Crippen MR) is 89.0 cm³/mol. The number of ether oxygens (including phenoxy) is 1. The number of anilines is 1. The third kappa shape index (κ3) is 4.23. The van der Waals surface area contributed by atoms with E-state index in [2.05, 4.69) is 42.2 Å². The molecule has 2 aromatic carbocycles. The lowest BCUT2D eigenvalue weighted by Crippen LogP contribution is -2.19. The highest BCUT2D eigenvalue weighted by Crippen LogP contribution is 2.21. The highest BCUT2D eigenvalue weighted by atomic mass is 16.5. The van der Waals surface area contributed by atoms with Crippen molar-refractivity contribution in [2.24, 2.45) is 5.73 Å². The number of nitrogens with zero attached hydrogens (tertiary/aromatic N) is 1. The second kappa shape index (κ2) is 7.14. The van der Waals surface area contributed by atoms with Crippen molar-refractivity contribution in [3.63, 3.8) is 0 Å². The molecule has 1 atom stereocenters. The van der Waals surface area contributed by atoms with Crippen LogP contribution >= 0.6 is 0 Å². The lowest BCUT2D eigenvalue weighted by Gasteiger charge is -2.16. The molecule has 0 amide bonds. The zero-order chi connectivity index (χ0) is 15.2. The molecule has 112 valence electrons. The summed E-state index contributed by atoms with van der Waals surface area (Å²) in [6.07, 6.45) is 1.04. The Bertz CT molecular complexity index is 564. The van der Waals surface area contributed by atoms with Gasteiger partial charge in [-0.2, -0.15) is 0 Å². The van der Waals surface area contributed by atoms with Crippen molar-refractivity contribution >= 4 is 5.69 Å². The van der Waals surface area contributed by atoms with E-state index in [1.807, 2.05) is 32.3 Å². The topological polar surface area (TPSA) is 38.5 Å². The predicted octanol–water partition coefficient (Wildman–Crippen LogP) is 3.39. The summed E-state index contributed by atoms with van der Waals surface area (Å²) in [7, 11) is 4.03. The third-order valence-corrected chi connectivity index (χ3v) is 3.58. The van der Waals surface area contributed by atoms with E-state index < -0.39 is 0 Å². The van der Waals surface area contributed by atoms with Gasteiger partial charge in [-0.05, 0) is 29.7 Å². The van der Waals surface area contributed by atoms with Crippen molar-refractivity contribution in [3.8, 4) is 5.75 Å². The second-order valence-electron chi connectivity index (χ2n) is 5.40. The Morgan fingerprint density at radius 2 is 1.81 bits per heavy atom. The maximum Gasteiger partial charge on any atom is 0.121 e. The van der Waals surface area contributed by atoms with Crippen LogP contribution in [0.2, 0.25) is 0 Å². The van der Waals surface area contributed by atoms with Crippen LogP contribution in [0.25, 0.3) is 0 Å². The number of hydrogen-bond donors (Lipinski definition) is 1. The number of hydrogen-bond acceptors (Lipinski definition) is 3. The fourth-order valence-corrected chi connectivity index (χ4v) is 2.13. The van der Waals surface area contributed by atoms with E-state index in [-0.39, 0.29) is 6.04 Å². The van der Waals surface area contributed by atoms with Crippen LogP contribution in [0.1, 0.15) is 24.1 Å². The van der Waals surface area contributed by atoms with Crippen LogP contribution in [0.15, 0.2) is 48.5 Å². The summed E-state index contributed by atoms with van der Waals surface area (Å²) in [6.45, 7) is 2.62. The molecule has 0 heterocycles. The Hall–Kier alpha value is -2.00. The molecule has 3 nitrogen and oxygen atoms in total. The molecule has 0 radical (unpaired) electrons. The lowest BCUT2D eigenvalue weighted by atomic mass is 10.1. The van der Waals surface area contributed by atoms with Crippen molar-refractivity contribution in [3.05, 3.63) is 59.7 Å². The molecule has 1 unspecified atom stereocenters. The molecule has 0 spiro atoms. The Morgan fingerprint density at radius 3 is 2.43 bits per heavy atom. The highest BCUT2D eigenvalue weighted by molar-refractivity contribution is 5.49. The first-order valence-corrected chi connectivity index (χ1v) is 7.34. The summed E-state index contributed by atoms with van der Waals surface area (Å²) in [5.41, 5.74) is 9.75. The summed E-state index contributed by atoms with van der Waals surface area (Å²) in [4.78, 5) is 2.05. The van der Waals surface area contributed by atoms with Gasteiger partial charge in [-0.15, -0.1) is 0 Å². The Morgan fingerprint density at radius 1 is 1.10 bits per heavy atom. The van der Waals surface area contributed by atoms with Crippen molar-refractivity contribution in [1.82, 2.24) is 0 Å². The van der Waals surface area contributed by atoms with E-state index in [1.165, 1.54) is 5.56 Å². The molecule has 21 heavy (non-hydrogen) atoms. The van der Waals surface area contributed by atoms with Gasteiger partial charge < -0.3 is 15.4 Å². The second-order valence-corrected chi connectivity index (χ2v) is 5.40. The minimum atomic E-state index is -0.112. The summed E-state index contributed by atoms with van der Waals surface area (Å²) < 4.78 is 5.82. The molecular weight excluding hydrogens is 260 g/mol. The number of rotatable bonds is 6. The number of benzene rings is 2. The van der Waals surface area contributed by atoms with E-state index in [4.69, 9.17) is 10.5 Å². The molecule has 0 saturated carbocycles. The molecule has 2 rings (SSSR count). The van der Waals surface area contributed by atoms with Crippen LogP contribution in [-0.4, -0.2) is 20.7 Å². The molecule has 0 bridgehead atoms. The van der Waals surface area contributed by atoms with E-state index in [0.29, 0.717) is 6.61 Å². The Kier molecular flexibility index (Phi) is 5.23. The Balaban J connectivity index is 1.96. The monoisotopic (exact) mass is 284 g/mol. The van der Waals surface area contributed by atoms with E-state index in [0.717, 1.165) is 23.4 Å². The largest absolute Gasteiger partial charge is 0.492 e. The van der Waals surface area contributed by atoms with E-state index in [1.54, 1.807) is 0 Å². The SMILES string of the molecule is CCc1ccc(C(N)COc2cccc(N(C)C)c2)cc1. The van der Waals surface area contributed by atoms with Gasteiger partial charge in [0.25, 0.3) is 0 Å². The van der Waals surface area contributed by atoms with Gasteiger partial charge in [0.2, 0.25) is 0 Å². The molecule has 0 aromatic heterocycles. The van der Waals surface area contributed by atoms with Gasteiger partial charge in [-0.25, -0.2) is 0 Å². The van der Waals surface area contributed by atoms with E-state index >= 15 is 0 Å². The highest BCUT2D eigenvalue weighted by Gasteiger charge is 2.07.